The van der Waals surface area contributed by atoms with E-state index in [1.54, 1.807) is 17.5 Å². The van der Waals surface area contributed by atoms with Gasteiger partial charge >= 0.3 is 0 Å². The fourth-order valence-electron chi connectivity index (χ4n) is 2.06. The molecule has 0 bridgehead atoms. The summed E-state index contributed by atoms with van der Waals surface area (Å²) in [5, 5.41) is 2.96. The maximum atomic E-state index is 12.5. The molecule has 3 rings (SSSR count). The van der Waals surface area contributed by atoms with Crippen molar-refractivity contribution in [3.63, 3.8) is 0 Å². The van der Waals surface area contributed by atoms with E-state index in [1.165, 1.54) is 0 Å². The molecule has 0 N–H and O–H groups in total. The van der Waals surface area contributed by atoms with Crippen LogP contribution in [0.2, 0.25) is 0 Å². The molecule has 1 saturated carbocycles. The second-order valence-corrected chi connectivity index (χ2v) is 5.57. The molecular weight excluding hydrogens is 246 g/mol. The third-order valence-corrected chi connectivity index (χ3v) is 3.96. The molecule has 1 aliphatic carbocycles. The van der Waals surface area contributed by atoms with Gasteiger partial charge in [-0.25, -0.2) is 4.98 Å². The van der Waals surface area contributed by atoms with E-state index < -0.39 is 0 Å². The molecule has 1 amide bonds. The van der Waals surface area contributed by atoms with Gasteiger partial charge in [-0.3, -0.25) is 4.79 Å². The number of amides is 1. The van der Waals surface area contributed by atoms with Crippen LogP contribution in [0.5, 0.6) is 0 Å². The van der Waals surface area contributed by atoms with Crippen molar-refractivity contribution in [2.75, 3.05) is 0 Å². The first-order valence-corrected chi connectivity index (χ1v) is 6.94. The lowest BCUT2D eigenvalue weighted by Gasteiger charge is -2.21. The van der Waals surface area contributed by atoms with Crippen molar-refractivity contribution in [1.82, 2.24) is 14.5 Å². The predicted octanol–water partition coefficient (Wildman–Crippen LogP) is 2.29. The fourth-order valence-corrected chi connectivity index (χ4v) is 2.67. The molecule has 0 aliphatic heterocycles. The summed E-state index contributed by atoms with van der Waals surface area (Å²) in [6, 6.07) is 4.18. The van der Waals surface area contributed by atoms with Crippen molar-refractivity contribution >= 4 is 17.2 Å². The Balaban J connectivity index is 1.82. The van der Waals surface area contributed by atoms with Gasteiger partial charge in [0.2, 0.25) is 0 Å². The van der Waals surface area contributed by atoms with Crippen LogP contribution in [0.3, 0.4) is 0 Å². The van der Waals surface area contributed by atoms with Crippen molar-refractivity contribution in [3.05, 3.63) is 40.6 Å². The van der Waals surface area contributed by atoms with Crippen molar-refractivity contribution in [3.8, 4) is 0 Å². The number of aromatic nitrogens is 2. The first-order chi connectivity index (χ1) is 8.75. The number of nitrogens with zero attached hydrogens (tertiary/aromatic N) is 3. The maximum Gasteiger partial charge on any atom is 0.271 e. The van der Waals surface area contributed by atoms with Gasteiger partial charge in [0.05, 0.1) is 6.54 Å². The molecule has 5 heteroatoms. The third kappa shape index (κ3) is 2.18. The van der Waals surface area contributed by atoms with Crippen LogP contribution >= 0.6 is 11.3 Å². The van der Waals surface area contributed by atoms with Gasteiger partial charge in [-0.05, 0) is 25.0 Å². The number of hydrogen-bond acceptors (Lipinski definition) is 3. The summed E-state index contributed by atoms with van der Waals surface area (Å²) in [5.74, 6) is 0.111. The molecule has 94 valence electrons. The second-order valence-electron chi connectivity index (χ2n) is 4.59. The molecule has 2 aromatic heterocycles. The SMILES string of the molecule is Cn1cccc1C(=O)N(Cc1nccs1)C1CC1. The number of carbonyl (C=O) groups is 1. The van der Waals surface area contributed by atoms with Gasteiger partial charge in [-0.15, -0.1) is 11.3 Å². The van der Waals surface area contributed by atoms with Crippen molar-refractivity contribution in [2.45, 2.75) is 25.4 Å². The van der Waals surface area contributed by atoms with Crippen LogP contribution in [0, 0.1) is 0 Å². The molecule has 0 radical (unpaired) electrons. The number of rotatable bonds is 4. The summed E-state index contributed by atoms with van der Waals surface area (Å²) in [5.41, 5.74) is 0.749. The topological polar surface area (TPSA) is 38.1 Å². The van der Waals surface area contributed by atoms with Gasteiger partial charge in [-0.2, -0.15) is 0 Å². The van der Waals surface area contributed by atoms with Crippen molar-refractivity contribution < 1.29 is 4.79 Å². The number of hydrogen-bond donors (Lipinski definition) is 0. The summed E-state index contributed by atoms with van der Waals surface area (Å²) >= 11 is 1.60. The van der Waals surface area contributed by atoms with Crippen molar-refractivity contribution in [1.29, 1.82) is 0 Å². The highest BCUT2D eigenvalue weighted by Gasteiger charge is 2.34. The third-order valence-electron chi connectivity index (χ3n) is 3.20. The Morgan fingerprint density at radius 1 is 1.61 bits per heavy atom. The van der Waals surface area contributed by atoms with Gasteiger partial charge in [0.25, 0.3) is 5.91 Å². The Kier molecular flexibility index (Phi) is 2.91. The number of aryl methyl sites for hydroxylation is 1. The van der Waals surface area contributed by atoms with Crippen LogP contribution in [0.1, 0.15) is 28.3 Å². The molecule has 0 spiro atoms. The molecule has 0 unspecified atom stereocenters. The maximum absolute atomic E-state index is 12.5. The van der Waals surface area contributed by atoms with Crippen molar-refractivity contribution in [2.24, 2.45) is 7.05 Å². The Morgan fingerprint density at radius 2 is 2.44 bits per heavy atom. The average Bonchev–Trinajstić information content (AvgIpc) is 2.89. The summed E-state index contributed by atoms with van der Waals surface area (Å²) in [4.78, 5) is 18.7. The largest absolute Gasteiger partial charge is 0.347 e. The first-order valence-electron chi connectivity index (χ1n) is 6.06. The summed E-state index contributed by atoms with van der Waals surface area (Å²) in [6.07, 6.45) is 5.92. The Bertz CT molecular complexity index is 542. The second kappa shape index (κ2) is 4.57. The summed E-state index contributed by atoms with van der Waals surface area (Å²) < 4.78 is 1.87. The normalized spacial score (nSPS) is 14.7. The minimum absolute atomic E-state index is 0.111. The van der Waals surface area contributed by atoms with E-state index in [-0.39, 0.29) is 5.91 Å². The standard InChI is InChI=1S/C13H15N3OS/c1-15-7-2-3-11(15)13(17)16(10-4-5-10)9-12-14-6-8-18-12/h2-3,6-8,10H,4-5,9H2,1H3. The number of carbonyl (C=O) groups excluding carboxylic acids is 1. The van der Waals surface area contributed by atoms with E-state index in [2.05, 4.69) is 4.98 Å². The van der Waals surface area contributed by atoms with E-state index in [0.717, 1.165) is 23.5 Å². The zero-order chi connectivity index (χ0) is 12.5. The van der Waals surface area contributed by atoms with Crippen LogP contribution in [-0.2, 0) is 13.6 Å². The molecule has 4 nitrogen and oxygen atoms in total. The van der Waals surface area contributed by atoms with E-state index in [0.29, 0.717) is 12.6 Å². The van der Waals surface area contributed by atoms with Gasteiger partial charge in [0.15, 0.2) is 0 Å². The Hall–Kier alpha value is -1.62. The highest BCUT2D eigenvalue weighted by atomic mass is 32.1. The highest BCUT2D eigenvalue weighted by molar-refractivity contribution is 7.09. The number of thiazole rings is 1. The van der Waals surface area contributed by atoms with E-state index in [1.807, 2.05) is 40.2 Å². The lowest BCUT2D eigenvalue weighted by Crippen LogP contribution is -2.33. The average molecular weight is 261 g/mol. The monoisotopic (exact) mass is 261 g/mol. The van der Waals surface area contributed by atoms with Crippen LogP contribution in [0.4, 0.5) is 0 Å². The van der Waals surface area contributed by atoms with Crippen LogP contribution in [-0.4, -0.2) is 26.4 Å². The Morgan fingerprint density at radius 3 is 3.00 bits per heavy atom. The zero-order valence-electron chi connectivity index (χ0n) is 10.2. The molecule has 1 aliphatic rings. The molecule has 1 fully saturated rings. The lowest BCUT2D eigenvalue weighted by molar-refractivity contribution is 0.0720. The minimum atomic E-state index is 0.111. The van der Waals surface area contributed by atoms with Crippen LogP contribution < -0.4 is 0 Å². The molecular formula is C13H15N3OS. The highest BCUT2D eigenvalue weighted by Crippen LogP contribution is 2.30. The van der Waals surface area contributed by atoms with E-state index in [4.69, 9.17) is 0 Å². The van der Waals surface area contributed by atoms with Gasteiger partial charge in [-0.1, -0.05) is 0 Å². The van der Waals surface area contributed by atoms with Gasteiger partial charge in [0.1, 0.15) is 10.7 Å². The smallest absolute Gasteiger partial charge is 0.271 e. The molecule has 0 aromatic carbocycles. The van der Waals surface area contributed by atoms with Crippen LogP contribution in [0.15, 0.2) is 29.9 Å². The summed E-state index contributed by atoms with van der Waals surface area (Å²) in [6.45, 7) is 0.631. The molecule has 0 saturated heterocycles. The van der Waals surface area contributed by atoms with Gasteiger partial charge < -0.3 is 9.47 Å². The molecule has 2 aromatic rings. The first kappa shape index (κ1) is 11.5. The molecule has 0 atom stereocenters. The van der Waals surface area contributed by atoms with Crippen LogP contribution in [0.25, 0.3) is 0 Å². The summed E-state index contributed by atoms with van der Waals surface area (Å²) in [7, 11) is 1.90. The fraction of sp³-hybridized carbons (Fsp3) is 0.385. The molecule has 2 heterocycles. The minimum Gasteiger partial charge on any atom is -0.347 e. The predicted molar refractivity (Wildman–Crippen MR) is 70.4 cm³/mol. The Labute approximate surface area is 110 Å². The van der Waals surface area contributed by atoms with Gasteiger partial charge in [0, 0.05) is 30.9 Å². The quantitative estimate of drug-likeness (QED) is 0.847. The van der Waals surface area contributed by atoms with E-state index >= 15 is 0 Å². The lowest BCUT2D eigenvalue weighted by atomic mass is 10.3. The molecule has 18 heavy (non-hydrogen) atoms. The zero-order valence-corrected chi connectivity index (χ0v) is 11.1. The van der Waals surface area contributed by atoms with E-state index in [9.17, 15) is 4.79 Å².